The Kier molecular flexibility index (Phi) is 4.77. The molecule has 0 fully saturated rings. The third-order valence-electron chi connectivity index (χ3n) is 4.47. The maximum absolute atomic E-state index is 12.7. The lowest BCUT2D eigenvalue weighted by atomic mass is 10.1. The number of hydrogen-bond donors (Lipinski definition) is 1. The van der Waals surface area contributed by atoms with E-state index >= 15 is 0 Å². The minimum atomic E-state index is -0.163. The maximum Gasteiger partial charge on any atom is 0.255 e. The predicted molar refractivity (Wildman–Crippen MR) is 111 cm³/mol. The molecule has 1 heterocycles. The Labute approximate surface area is 165 Å². The van der Waals surface area contributed by atoms with E-state index in [4.69, 9.17) is 4.52 Å². The van der Waals surface area contributed by atoms with Gasteiger partial charge in [-0.25, -0.2) is 0 Å². The van der Waals surface area contributed by atoms with E-state index in [1.54, 1.807) is 12.1 Å². The summed E-state index contributed by atoms with van der Waals surface area (Å²) < 4.78 is 6.51. The molecule has 0 aliphatic rings. The Bertz CT molecular complexity index is 1100. The van der Waals surface area contributed by atoms with Gasteiger partial charge in [0.2, 0.25) is 0 Å². The molecule has 27 heavy (non-hydrogen) atoms. The molecular weight excluding hydrogens is 404 g/mol. The largest absolute Gasteiger partial charge is 0.355 e. The quantitative estimate of drug-likeness (QED) is 0.435. The first-order valence-electron chi connectivity index (χ1n) is 8.69. The number of nitrogens with one attached hydrogen (secondary N) is 1. The number of nitrogens with zero attached hydrogens (tertiary/aromatic N) is 1. The minimum Gasteiger partial charge on any atom is -0.355 e. The molecule has 0 unspecified atom stereocenters. The highest BCUT2D eigenvalue weighted by atomic mass is 79.9. The van der Waals surface area contributed by atoms with Crippen LogP contribution in [0.3, 0.4) is 0 Å². The summed E-state index contributed by atoms with van der Waals surface area (Å²) in [5.41, 5.74) is 4.20. The minimum absolute atomic E-state index is 0.163. The first kappa shape index (κ1) is 17.5. The van der Waals surface area contributed by atoms with Crippen molar-refractivity contribution < 1.29 is 9.32 Å². The molecule has 0 spiro atoms. The molecule has 0 bridgehead atoms. The molecule has 0 radical (unpaired) electrons. The normalized spacial score (nSPS) is 10.9. The van der Waals surface area contributed by atoms with Crippen molar-refractivity contribution in [1.82, 2.24) is 5.16 Å². The molecule has 0 atom stereocenters. The van der Waals surface area contributed by atoms with Gasteiger partial charge in [0.05, 0.1) is 5.39 Å². The molecule has 0 aliphatic carbocycles. The maximum atomic E-state index is 12.7. The molecule has 3 aromatic carbocycles. The Balaban J connectivity index is 1.64. The molecule has 0 saturated carbocycles. The number of anilines is 1. The zero-order valence-electron chi connectivity index (χ0n) is 14.7. The second-order valence-corrected chi connectivity index (χ2v) is 7.17. The van der Waals surface area contributed by atoms with E-state index in [0.29, 0.717) is 11.3 Å². The number of hydrogen-bond acceptors (Lipinski definition) is 3. The number of carbonyl (C=O) groups excluding carboxylic acids is 1. The van der Waals surface area contributed by atoms with Crippen LogP contribution in [0.5, 0.6) is 0 Å². The van der Waals surface area contributed by atoms with Gasteiger partial charge in [0.25, 0.3) is 5.91 Å². The van der Waals surface area contributed by atoms with Crippen LogP contribution in [0.1, 0.15) is 22.8 Å². The number of rotatable bonds is 4. The summed E-state index contributed by atoms with van der Waals surface area (Å²) in [6.07, 6.45) is 0.969. The summed E-state index contributed by atoms with van der Waals surface area (Å²) >= 11 is 3.43. The van der Waals surface area contributed by atoms with Gasteiger partial charge in [-0.05, 0) is 66.6 Å². The van der Waals surface area contributed by atoms with E-state index in [2.05, 4.69) is 33.3 Å². The second-order valence-electron chi connectivity index (χ2n) is 6.26. The Morgan fingerprint density at radius 2 is 1.78 bits per heavy atom. The van der Waals surface area contributed by atoms with Crippen molar-refractivity contribution in [2.24, 2.45) is 0 Å². The fourth-order valence-corrected chi connectivity index (χ4v) is 3.18. The van der Waals surface area contributed by atoms with Gasteiger partial charge in [0.1, 0.15) is 5.52 Å². The van der Waals surface area contributed by atoms with Gasteiger partial charge in [0.15, 0.2) is 5.76 Å². The third kappa shape index (κ3) is 3.64. The lowest BCUT2D eigenvalue weighted by molar-refractivity contribution is 0.102. The molecule has 134 valence electrons. The molecule has 1 amide bonds. The van der Waals surface area contributed by atoms with Crippen LogP contribution in [0, 0.1) is 0 Å². The lowest BCUT2D eigenvalue weighted by Gasteiger charge is -2.06. The fraction of sp³-hybridized carbons (Fsp3) is 0.0909. The highest BCUT2D eigenvalue weighted by molar-refractivity contribution is 9.10. The summed E-state index contributed by atoms with van der Waals surface area (Å²) in [7, 11) is 0. The molecule has 5 heteroatoms. The number of halogens is 1. The first-order chi connectivity index (χ1) is 13.1. The SMILES string of the molecule is CCc1ccc(NC(=O)c2ccc3noc(-c4ccc(Br)cc4)c3c2)cc1. The topological polar surface area (TPSA) is 55.1 Å². The van der Waals surface area contributed by atoms with Crippen LogP contribution < -0.4 is 5.32 Å². The number of carbonyl (C=O) groups is 1. The van der Waals surface area contributed by atoms with E-state index in [-0.39, 0.29) is 5.91 Å². The van der Waals surface area contributed by atoms with Crippen LogP contribution in [0.2, 0.25) is 0 Å². The van der Waals surface area contributed by atoms with Gasteiger partial charge in [0, 0.05) is 21.3 Å². The van der Waals surface area contributed by atoms with Gasteiger partial charge in [-0.2, -0.15) is 0 Å². The first-order valence-corrected chi connectivity index (χ1v) is 9.49. The van der Waals surface area contributed by atoms with Gasteiger partial charge in [-0.3, -0.25) is 4.79 Å². The zero-order valence-corrected chi connectivity index (χ0v) is 16.3. The summed E-state index contributed by atoms with van der Waals surface area (Å²) in [5.74, 6) is 0.489. The van der Waals surface area contributed by atoms with E-state index in [1.165, 1.54) is 5.56 Å². The molecule has 4 aromatic rings. The third-order valence-corrected chi connectivity index (χ3v) is 4.99. The summed E-state index contributed by atoms with van der Waals surface area (Å²) in [5, 5.41) is 7.85. The zero-order chi connectivity index (χ0) is 18.8. The van der Waals surface area contributed by atoms with Gasteiger partial charge in [-0.1, -0.05) is 40.1 Å². The molecule has 1 aromatic heterocycles. The number of benzene rings is 3. The molecular formula is C22H17BrN2O2. The van der Waals surface area contributed by atoms with Crippen molar-refractivity contribution in [3.05, 3.63) is 82.3 Å². The predicted octanol–water partition coefficient (Wildman–Crippen LogP) is 6.07. The Morgan fingerprint density at radius 3 is 2.48 bits per heavy atom. The van der Waals surface area contributed by atoms with Gasteiger partial charge < -0.3 is 9.84 Å². The molecule has 4 rings (SSSR count). The smallest absolute Gasteiger partial charge is 0.255 e. The van der Waals surface area contributed by atoms with Crippen molar-refractivity contribution in [2.45, 2.75) is 13.3 Å². The number of aromatic nitrogens is 1. The molecule has 0 saturated heterocycles. The van der Waals surface area contributed by atoms with Crippen LogP contribution in [-0.4, -0.2) is 11.1 Å². The highest BCUT2D eigenvalue weighted by Crippen LogP contribution is 2.30. The van der Waals surface area contributed by atoms with Crippen LogP contribution in [0.15, 0.2) is 75.7 Å². The second kappa shape index (κ2) is 7.37. The van der Waals surface area contributed by atoms with Crippen molar-refractivity contribution in [3.63, 3.8) is 0 Å². The standard InChI is InChI=1S/C22H17BrN2O2/c1-2-14-3-10-18(11-4-14)24-22(26)16-7-12-20-19(13-16)21(27-25-20)15-5-8-17(23)9-6-15/h3-13H,2H2,1H3,(H,24,26). The van der Waals surface area contributed by atoms with Crippen LogP contribution >= 0.6 is 15.9 Å². The summed E-state index contributed by atoms with van der Waals surface area (Å²) in [6, 6.07) is 21.0. The summed E-state index contributed by atoms with van der Waals surface area (Å²) in [4.78, 5) is 12.7. The molecule has 4 nitrogen and oxygen atoms in total. The average molecular weight is 421 g/mol. The number of aryl methyl sites for hydroxylation is 1. The average Bonchev–Trinajstić information content (AvgIpc) is 3.12. The van der Waals surface area contributed by atoms with E-state index in [1.807, 2.05) is 54.6 Å². The highest BCUT2D eigenvalue weighted by Gasteiger charge is 2.14. The lowest BCUT2D eigenvalue weighted by Crippen LogP contribution is -2.11. The fourth-order valence-electron chi connectivity index (χ4n) is 2.92. The van der Waals surface area contributed by atoms with Crippen molar-refractivity contribution in [3.8, 4) is 11.3 Å². The van der Waals surface area contributed by atoms with Crippen molar-refractivity contribution >= 4 is 38.4 Å². The monoisotopic (exact) mass is 420 g/mol. The van der Waals surface area contributed by atoms with Crippen LogP contribution in [-0.2, 0) is 6.42 Å². The number of amides is 1. The van der Waals surface area contributed by atoms with Crippen LogP contribution in [0.4, 0.5) is 5.69 Å². The van der Waals surface area contributed by atoms with Crippen LogP contribution in [0.25, 0.3) is 22.2 Å². The van der Waals surface area contributed by atoms with Gasteiger partial charge in [-0.15, -0.1) is 0 Å². The number of fused-ring (bicyclic) bond motifs is 1. The summed E-state index contributed by atoms with van der Waals surface area (Å²) in [6.45, 7) is 2.10. The van der Waals surface area contributed by atoms with E-state index < -0.39 is 0 Å². The van der Waals surface area contributed by atoms with E-state index in [9.17, 15) is 4.79 Å². The Morgan fingerprint density at radius 1 is 1.04 bits per heavy atom. The van der Waals surface area contributed by atoms with Crippen molar-refractivity contribution in [1.29, 1.82) is 0 Å². The van der Waals surface area contributed by atoms with E-state index in [0.717, 1.165) is 33.0 Å². The molecule has 1 N–H and O–H groups in total. The Hall–Kier alpha value is -2.92. The van der Waals surface area contributed by atoms with Gasteiger partial charge >= 0.3 is 0 Å². The van der Waals surface area contributed by atoms with Crippen molar-refractivity contribution in [2.75, 3.05) is 5.32 Å². The molecule has 0 aliphatic heterocycles.